The first kappa shape index (κ1) is 30.3. The zero-order chi connectivity index (χ0) is 34.9. The van der Waals surface area contributed by atoms with Gasteiger partial charge in [-0.1, -0.05) is 133 Å². The van der Waals surface area contributed by atoms with Crippen LogP contribution in [0.15, 0.2) is 162 Å². The largest absolute Gasteiger partial charge is 0.436 e. The van der Waals surface area contributed by atoms with Crippen molar-refractivity contribution in [3.8, 4) is 56.0 Å². The van der Waals surface area contributed by atoms with E-state index < -0.39 is 0 Å². The lowest BCUT2D eigenvalue weighted by atomic mass is 9.81. The maximum atomic E-state index is 6.73. The van der Waals surface area contributed by atoms with E-state index in [9.17, 15) is 0 Å². The van der Waals surface area contributed by atoms with Crippen LogP contribution in [0, 0.1) is 20.8 Å². The van der Waals surface area contributed by atoms with Gasteiger partial charge in [-0.15, -0.1) is 0 Å². The molecule has 0 saturated heterocycles. The number of fused-ring (bicyclic) bond motifs is 1. The SMILES string of the molecule is Cc1ccccc1-c1cc(-c2nc3ccc(-c4ccccc4)cc3o2)c2ccc3c(-c4ccccc4C)cc(-c4ccccc4C)c4ccc1c2c34. The molecule has 0 aliphatic heterocycles. The van der Waals surface area contributed by atoms with Gasteiger partial charge in [0.25, 0.3) is 0 Å². The second-order valence-electron chi connectivity index (χ2n) is 14.0. The minimum Gasteiger partial charge on any atom is -0.436 e. The Morgan fingerprint density at radius 3 is 1.31 bits per heavy atom. The summed E-state index contributed by atoms with van der Waals surface area (Å²) in [7, 11) is 0. The van der Waals surface area contributed by atoms with Crippen LogP contribution in [0.25, 0.3) is 99.4 Å². The van der Waals surface area contributed by atoms with Gasteiger partial charge >= 0.3 is 0 Å². The lowest BCUT2D eigenvalue weighted by molar-refractivity contribution is 0.621. The molecule has 0 aliphatic carbocycles. The van der Waals surface area contributed by atoms with Crippen LogP contribution >= 0.6 is 0 Å². The van der Waals surface area contributed by atoms with Crippen LogP contribution in [0.1, 0.15) is 16.7 Å². The van der Waals surface area contributed by atoms with Crippen molar-refractivity contribution in [2.24, 2.45) is 0 Å². The van der Waals surface area contributed by atoms with Gasteiger partial charge in [0.1, 0.15) is 5.52 Å². The molecule has 0 spiro atoms. The monoisotopic (exact) mass is 665 g/mol. The molecule has 2 heteroatoms. The van der Waals surface area contributed by atoms with Crippen LogP contribution in [0.5, 0.6) is 0 Å². The first-order valence-electron chi connectivity index (χ1n) is 18.0. The highest BCUT2D eigenvalue weighted by Gasteiger charge is 2.23. The van der Waals surface area contributed by atoms with Crippen molar-refractivity contribution >= 4 is 43.4 Å². The summed E-state index contributed by atoms with van der Waals surface area (Å²) < 4.78 is 6.73. The maximum absolute atomic E-state index is 6.73. The van der Waals surface area contributed by atoms with Crippen LogP contribution in [0.2, 0.25) is 0 Å². The molecule has 2 nitrogen and oxygen atoms in total. The van der Waals surface area contributed by atoms with Gasteiger partial charge in [0.05, 0.1) is 0 Å². The molecule has 0 amide bonds. The van der Waals surface area contributed by atoms with Crippen molar-refractivity contribution in [1.29, 1.82) is 0 Å². The van der Waals surface area contributed by atoms with E-state index in [1.165, 1.54) is 77.0 Å². The standard InChI is InChI=1S/C50H35NO/c1-30-13-7-10-18-35(30)42-28-43(36-19-11-8-14-31(36)2)39-24-25-41-45(50-51-46-26-21-34(27-47(46)52-50)33-16-5-4-6-17-33)29-44(37-20-12-9-15-32(37)3)40-23-22-38(42)48(39)49(40)41/h4-29H,1-3H3. The summed E-state index contributed by atoms with van der Waals surface area (Å²) >= 11 is 0. The van der Waals surface area contributed by atoms with E-state index in [1.807, 2.05) is 6.07 Å². The number of oxazole rings is 1. The normalized spacial score (nSPS) is 11.8. The molecule has 0 saturated carbocycles. The first-order chi connectivity index (χ1) is 25.5. The predicted octanol–water partition coefficient (Wildman–Crippen LogP) is 14.0. The summed E-state index contributed by atoms with van der Waals surface area (Å²) in [6.07, 6.45) is 0. The summed E-state index contributed by atoms with van der Waals surface area (Å²) in [5, 5.41) is 7.37. The third-order valence-corrected chi connectivity index (χ3v) is 10.9. The molecule has 0 N–H and O–H groups in total. The molecular weight excluding hydrogens is 631 g/mol. The third-order valence-electron chi connectivity index (χ3n) is 10.9. The van der Waals surface area contributed by atoms with Crippen molar-refractivity contribution < 1.29 is 4.42 Å². The van der Waals surface area contributed by atoms with Gasteiger partial charge in [0.15, 0.2) is 5.58 Å². The van der Waals surface area contributed by atoms with E-state index in [0.29, 0.717) is 5.89 Å². The summed E-state index contributed by atoms with van der Waals surface area (Å²) in [4.78, 5) is 5.14. The second-order valence-corrected chi connectivity index (χ2v) is 14.0. The van der Waals surface area contributed by atoms with E-state index in [0.717, 1.165) is 33.2 Å². The molecule has 10 rings (SSSR count). The number of nitrogens with zero attached hydrogens (tertiary/aromatic N) is 1. The molecule has 1 aromatic heterocycles. The lowest BCUT2D eigenvalue weighted by Crippen LogP contribution is -1.96. The molecule has 0 unspecified atom stereocenters. The van der Waals surface area contributed by atoms with Crippen LogP contribution in [-0.2, 0) is 0 Å². The Balaban J connectivity index is 1.34. The Kier molecular flexibility index (Phi) is 6.87. The fraction of sp³-hybridized carbons (Fsp3) is 0.0600. The van der Waals surface area contributed by atoms with E-state index in [2.05, 4.69) is 172 Å². The van der Waals surface area contributed by atoms with Gasteiger partial charge in [-0.05, 0) is 139 Å². The number of rotatable bonds is 5. The zero-order valence-corrected chi connectivity index (χ0v) is 29.4. The summed E-state index contributed by atoms with van der Waals surface area (Å²) in [6.45, 7) is 6.63. The highest BCUT2D eigenvalue weighted by atomic mass is 16.3. The molecule has 52 heavy (non-hydrogen) atoms. The van der Waals surface area contributed by atoms with Gasteiger partial charge in [-0.2, -0.15) is 0 Å². The van der Waals surface area contributed by atoms with Crippen LogP contribution in [0.3, 0.4) is 0 Å². The number of hydrogen-bond acceptors (Lipinski definition) is 2. The van der Waals surface area contributed by atoms with Crippen LogP contribution < -0.4 is 0 Å². The first-order valence-corrected chi connectivity index (χ1v) is 18.0. The molecule has 9 aromatic carbocycles. The Bertz CT molecular complexity index is 2920. The van der Waals surface area contributed by atoms with Gasteiger partial charge in [0.2, 0.25) is 5.89 Å². The summed E-state index contributed by atoms with van der Waals surface area (Å²) in [5.74, 6) is 0.631. The van der Waals surface area contributed by atoms with Crippen molar-refractivity contribution in [1.82, 2.24) is 4.98 Å². The van der Waals surface area contributed by atoms with Crippen molar-refractivity contribution in [2.45, 2.75) is 20.8 Å². The second kappa shape index (κ2) is 11.8. The van der Waals surface area contributed by atoms with Crippen LogP contribution in [0.4, 0.5) is 0 Å². The fourth-order valence-electron chi connectivity index (χ4n) is 8.31. The Hall–Kier alpha value is -6.51. The molecule has 0 bridgehead atoms. The average molecular weight is 666 g/mol. The molecule has 10 aromatic rings. The summed E-state index contributed by atoms with van der Waals surface area (Å²) in [6, 6.07) is 57.0. The van der Waals surface area contributed by atoms with E-state index >= 15 is 0 Å². The average Bonchev–Trinajstić information content (AvgIpc) is 3.61. The lowest BCUT2D eigenvalue weighted by Gasteiger charge is -2.22. The van der Waals surface area contributed by atoms with Crippen molar-refractivity contribution in [2.75, 3.05) is 0 Å². The smallest absolute Gasteiger partial charge is 0.227 e. The summed E-state index contributed by atoms with van der Waals surface area (Å²) in [5.41, 5.74) is 16.0. The topological polar surface area (TPSA) is 26.0 Å². The molecule has 0 atom stereocenters. The number of hydrogen-bond donors (Lipinski definition) is 0. The van der Waals surface area contributed by atoms with Gasteiger partial charge in [-0.25, -0.2) is 4.98 Å². The maximum Gasteiger partial charge on any atom is 0.227 e. The van der Waals surface area contributed by atoms with E-state index in [-0.39, 0.29) is 0 Å². The third kappa shape index (κ3) is 4.68. The van der Waals surface area contributed by atoms with Crippen molar-refractivity contribution in [3.63, 3.8) is 0 Å². The molecular formula is C50H35NO. The van der Waals surface area contributed by atoms with E-state index in [4.69, 9.17) is 9.40 Å². The predicted molar refractivity (Wildman–Crippen MR) is 219 cm³/mol. The van der Waals surface area contributed by atoms with Gasteiger partial charge < -0.3 is 4.42 Å². The number of aryl methyl sites for hydroxylation is 3. The highest BCUT2D eigenvalue weighted by molar-refractivity contribution is 6.32. The molecule has 1 heterocycles. The molecule has 0 radical (unpaired) electrons. The van der Waals surface area contributed by atoms with Crippen molar-refractivity contribution in [3.05, 3.63) is 174 Å². The Morgan fingerprint density at radius 2 is 0.808 bits per heavy atom. The zero-order valence-electron chi connectivity index (χ0n) is 29.4. The minimum absolute atomic E-state index is 0.631. The molecule has 246 valence electrons. The van der Waals surface area contributed by atoms with E-state index in [1.54, 1.807) is 0 Å². The Morgan fingerprint density at radius 1 is 0.365 bits per heavy atom. The number of benzene rings is 9. The van der Waals surface area contributed by atoms with Gasteiger partial charge in [-0.3, -0.25) is 0 Å². The number of aromatic nitrogens is 1. The molecule has 0 fully saturated rings. The quantitative estimate of drug-likeness (QED) is 0.171. The van der Waals surface area contributed by atoms with Crippen LogP contribution in [-0.4, -0.2) is 4.98 Å². The fourth-order valence-corrected chi connectivity index (χ4v) is 8.31. The minimum atomic E-state index is 0.631. The Labute approximate surface area is 303 Å². The highest BCUT2D eigenvalue weighted by Crippen LogP contribution is 2.49. The molecule has 0 aliphatic rings. The van der Waals surface area contributed by atoms with Gasteiger partial charge in [0, 0.05) is 5.56 Å².